The highest BCUT2D eigenvalue weighted by atomic mass is 35.5. The number of nitrogens with one attached hydrogen (secondary N) is 1. The average molecular weight is 301 g/mol. The Morgan fingerprint density at radius 2 is 2.20 bits per heavy atom. The molecule has 1 aliphatic rings. The molecule has 2 rings (SSSR count). The summed E-state index contributed by atoms with van der Waals surface area (Å²) in [5.41, 5.74) is 0. The number of nitrogens with zero attached hydrogens (tertiary/aromatic N) is 1. The molecule has 1 unspecified atom stereocenters. The fourth-order valence-electron chi connectivity index (χ4n) is 1.92. The van der Waals surface area contributed by atoms with Crippen molar-refractivity contribution in [1.82, 2.24) is 10.2 Å². The lowest BCUT2D eigenvalue weighted by molar-refractivity contribution is -0.135. The number of morpholine rings is 1. The lowest BCUT2D eigenvalue weighted by atomic mass is 10.2. The molecule has 0 bridgehead atoms. The van der Waals surface area contributed by atoms with Crippen LogP contribution in [0.25, 0.3) is 0 Å². The van der Waals surface area contributed by atoms with Gasteiger partial charge in [0, 0.05) is 13.6 Å². The number of likely N-dealkylation sites (N-methyl/N-ethyl adjacent to an activating group) is 1. The molecule has 1 atom stereocenters. The molecule has 1 fully saturated rings. The zero-order valence-corrected chi connectivity index (χ0v) is 12.4. The summed E-state index contributed by atoms with van der Waals surface area (Å²) >= 11 is 0. The van der Waals surface area contributed by atoms with Crippen LogP contribution >= 0.6 is 12.4 Å². The van der Waals surface area contributed by atoms with Gasteiger partial charge in [0.2, 0.25) is 5.91 Å². The first-order chi connectivity index (χ1) is 9.27. The zero-order chi connectivity index (χ0) is 13.5. The Hall–Kier alpha value is -1.30. The Morgan fingerprint density at radius 3 is 2.85 bits per heavy atom. The van der Waals surface area contributed by atoms with Crippen molar-refractivity contribution in [3.8, 4) is 5.75 Å². The van der Waals surface area contributed by atoms with Crippen molar-refractivity contribution in [2.75, 3.05) is 40.0 Å². The lowest BCUT2D eigenvalue weighted by Crippen LogP contribution is -2.52. The van der Waals surface area contributed by atoms with Crippen LogP contribution in [0.2, 0.25) is 0 Å². The maximum Gasteiger partial charge on any atom is 0.241 e. The molecule has 1 amide bonds. The number of benzene rings is 1. The summed E-state index contributed by atoms with van der Waals surface area (Å²) in [6, 6.07) is 9.37. The van der Waals surface area contributed by atoms with Gasteiger partial charge in [-0.25, -0.2) is 0 Å². The molecular weight excluding hydrogens is 280 g/mol. The first kappa shape index (κ1) is 16.8. The number of halogens is 1. The number of amides is 1. The van der Waals surface area contributed by atoms with Crippen LogP contribution in [-0.2, 0) is 9.53 Å². The summed E-state index contributed by atoms with van der Waals surface area (Å²) in [5, 5.41) is 3.15. The third kappa shape index (κ3) is 5.00. The van der Waals surface area contributed by atoms with Gasteiger partial charge >= 0.3 is 0 Å². The van der Waals surface area contributed by atoms with E-state index in [1.54, 1.807) is 11.9 Å². The van der Waals surface area contributed by atoms with Crippen LogP contribution < -0.4 is 10.1 Å². The van der Waals surface area contributed by atoms with Gasteiger partial charge in [-0.05, 0) is 12.1 Å². The van der Waals surface area contributed by atoms with E-state index < -0.39 is 0 Å². The van der Waals surface area contributed by atoms with Crippen LogP contribution in [0.4, 0.5) is 0 Å². The van der Waals surface area contributed by atoms with Crippen molar-refractivity contribution in [3.63, 3.8) is 0 Å². The molecule has 0 saturated carbocycles. The largest absolute Gasteiger partial charge is 0.492 e. The molecule has 6 heteroatoms. The second-order valence-corrected chi connectivity index (χ2v) is 4.50. The Balaban J connectivity index is 0.00000200. The van der Waals surface area contributed by atoms with E-state index in [-0.39, 0.29) is 24.4 Å². The molecule has 1 aromatic carbocycles. The van der Waals surface area contributed by atoms with Gasteiger partial charge in [-0.1, -0.05) is 18.2 Å². The number of rotatable bonds is 5. The molecular formula is C14H21ClN2O3. The Bertz CT molecular complexity index is 397. The summed E-state index contributed by atoms with van der Waals surface area (Å²) < 4.78 is 10.9. The lowest BCUT2D eigenvalue weighted by Gasteiger charge is -2.27. The third-order valence-corrected chi connectivity index (χ3v) is 3.03. The first-order valence-corrected chi connectivity index (χ1v) is 6.51. The predicted octanol–water partition coefficient (Wildman–Crippen LogP) is 0.934. The van der Waals surface area contributed by atoms with Crippen molar-refractivity contribution in [1.29, 1.82) is 0 Å². The Morgan fingerprint density at radius 1 is 1.45 bits per heavy atom. The zero-order valence-electron chi connectivity index (χ0n) is 11.6. The van der Waals surface area contributed by atoms with Gasteiger partial charge in [0.15, 0.2) is 0 Å². The third-order valence-electron chi connectivity index (χ3n) is 3.03. The summed E-state index contributed by atoms with van der Waals surface area (Å²) in [5.74, 6) is 0.874. The van der Waals surface area contributed by atoms with E-state index in [1.807, 2.05) is 30.3 Å². The van der Waals surface area contributed by atoms with Gasteiger partial charge in [-0.2, -0.15) is 0 Å². The van der Waals surface area contributed by atoms with E-state index in [9.17, 15) is 4.79 Å². The number of hydrogen-bond acceptors (Lipinski definition) is 4. The van der Waals surface area contributed by atoms with E-state index in [4.69, 9.17) is 9.47 Å². The molecule has 0 radical (unpaired) electrons. The number of ether oxygens (including phenoxy) is 2. The second kappa shape index (κ2) is 8.79. The molecule has 0 aromatic heterocycles. The van der Waals surface area contributed by atoms with Gasteiger partial charge in [-0.15, -0.1) is 12.4 Å². The molecule has 1 heterocycles. The molecule has 1 aromatic rings. The van der Waals surface area contributed by atoms with Crippen LogP contribution in [0, 0.1) is 0 Å². The van der Waals surface area contributed by atoms with Crippen molar-refractivity contribution in [2.24, 2.45) is 0 Å². The summed E-state index contributed by atoms with van der Waals surface area (Å²) in [7, 11) is 1.78. The highest BCUT2D eigenvalue weighted by Crippen LogP contribution is 2.08. The van der Waals surface area contributed by atoms with E-state index in [1.165, 1.54) is 0 Å². The minimum absolute atomic E-state index is 0. The Kier molecular flexibility index (Phi) is 7.36. The average Bonchev–Trinajstić information content (AvgIpc) is 2.48. The minimum Gasteiger partial charge on any atom is -0.492 e. The van der Waals surface area contributed by atoms with Crippen LogP contribution in [0.3, 0.4) is 0 Å². The normalized spacial score (nSPS) is 17.9. The van der Waals surface area contributed by atoms with E-state index in [2.05, 4.69) is 5.32 Å². The van der Waals surface area contributed by atoms with Crippen molar-refractivity contribution in [2.45, 2.75) is 6.04 Å². The predicted molar refractivity (Wildman–Crippen MR) is 79.4 cm³/mol. The van der Waals surface area contributed by atoms with Gasteiger partial charge in [0.1, 0.15) is 18.4 Å². The van der Waals surface area contributed by atoms with Crippen LogP contribution in [0.1, 0.15) is 0 Å². The van der Waals surface area contributed by atoms with Crippen LogP contribution in [0.15, 0.2) is 30.3 Å². The molecule has 0 aliphatic carbocycles. The highest BCUT2D eigenvalue weighted by molar-refractivity contribution is 5.85. The molecule has 20 heavy (non-hydrogen) atoms. The first-order valence-electron chi connectivity index (χ1n) is 6.51. The quantitative estimate of drug-likeness (QED) is 0.879. The van der Waals surface area contributed by atoms with Gasteiger partial charge in [-0.3, -0.25) is 4.79 Å². The summed E-state index contributed by atoms with van der Waals surface area (Å²) in [4.78, 5) is 13.7. The Labute approximate surface area is 125 Å². The molecule has 1 aliphatic heterocycles. The molecule has 1 saturated heterocycles. The van der Waals surface area contributed by atoms with Crippen molar-refractivity contribution >= 4 is 18.3 Å². The minimum atomic E-state index is -0.226. The van der Waals surface area contributed by atoms with Crippen LogP contribution in [-0.4, -0.2) is 56.8 Å². The number of carbonyl (C=O) groups excluding carboxylic acids is 1. The summed E-state index contributed by atoms with van der Waals surface area (Å²) in [6.45, 7) is 2.89. The molecule has 5 nitrogen and oxygen atoms in total. The van der Waals surface area contributed by atoms with E-state index in [0.29, 0.717) is 26.4 Å². The topological polar surface area (TPSA) is 50.8 Å². The van der Waals surface area contributed by atoms with Crippen LogP contribution in [0.5, 0.6) is 5.75 Å². The number of para-hydroxylation sites is 1. The monoisotopic (exact) mass is 300 g/mol. The SMILES string of the molecule is CN(CCOc1ccccc1)C(=O)C1COCCN1.Cl. The molecule has 0 spiro atoms. The van der Waals surface area contributed by atoms with E-state index >= 15 is 0 Å². The highest BCUT2D eigenvalue weighted by Gasteiger charge is 2.23. The van der Waals surface area contributed by atoms with E-state index in [0.717, 1.165) is 12.3 Å². The maximum atomic E-state index is 12.1. The fourth-order valence-corrected chi connectivity index (χ4v) is 1.92. The van der Waals surface area contributed by atoms with Gasteiger partial charge in [0.05, 0.1) is 19.8 Å². The number of carbonyl (C=O) groups is 1. The standard InChI is InChI=1S/C14H20N2O3.ClH/c1-16(14(17)13-11-18-9-7-15-13)8-10-19-12-5-3-2-4-6-12;/h2-6,13,15H,7-11H2,1H3;1H. The number of hydrogen-bond donors (Lipinski definition) is 1. The smallest absolute Gasteiger partial charge is 0.241 e. The fraction of sp³-hybridized carbons (Fsp3) is 0.500. The maximum absolute atomic E-state index is 12.1. The van der Waals surface area contributed by atoms with Gasteiger partial charge in [0.25, 0.3) is 0 Å². The molecule has 112 valence electrons. The van der Waals surface area contributed by atoms with Crippen molar-refractivity contribution in [3.05, 3.63) is 30.3 Å². The summed E-state index contributed by atoms with van der Waals surface area (Å²) in [6.07, 6.45) is 0. The van der Waals surface area contributed by atoms with Crippen molar-refractivity contribution < 1.29 is 14.3 Å². The van der Waals surface area contributed by atoms with Gasteiger partial charge < -0.3 is 19.7 Å². The second-order valence-electron chi connectivity index (χ2n) is 4.50. The molecule has 1 N–H and O–H groups in total.